The molecule has 0 aromatic carbocycles. The third-order valence-corrected chi connectivity index (χ3v) is 6.41. The first-order chi connectivity index (χ1) is 9.56. The van der Waals surface area contributed by atoms with E-state index in [9.17, 15) is 0 Å². The molecular weight excluding hydrogens is 270 g/mol. The quantitative estimate of drug-likeness (QED) is 0.814. The number of nitrogens with one attached hydrogen (secondary N) is 1. The van der Waals surface area contributed by atoms with Crippen LogP contribution < -0.4 is 5.32 Å². The summed E-state index contributed by atoms with van der Waals surface area (Å²) in [7, 11) is 0. The van der Waals surface area contributed by atoms with E-state index in [2.05, 4.69) is 44.8 Å². The van der Waals surface area contributed by atoms with Gasteiger partial charge in [0.2, 0.25) is 0 Å². The van der Waals surface area contributed by atoms with E-state index in [1.165, 1.54) is 12.8 Å². The van der Waals surface area contributed by atoms with Crippen molar-refractivity contribution >= 4 is 11.8 Å². The first-order valence-corrected chi connectivity index (χ1v) is 9.17. The fraction of sp³-hybridized carbons (Fsp3) is 1.00. The van der Waals surface area contributed by atoms with Crippen LogP contribution in [0.1, 0.15) is 53.4 Å². The lowest BCUT2D eigenvalue weighted by atomic mass is 9.89. The van der Waals surface area contributed by atoms with Crippen molar-refractivity contribution in [3.8, 4) is 0 Å². The monoisotopic (exact) mass is 301 g/mol. The summed E-state index contributed by atoms with van der Waals surface area (Å²) < 4.78 is 11.9. The Morgan fingerprint density at radius 1 is 1.25 bits per heavy atom. The van der Waals surface area contributed by atoms with E-state index in [-0.39, 0.29) is 5.79 Å². The minimum absolute atomic E-state index is 0.265. The number of hydrogen-bond acceptors (Lipinski definition) is 4. The number of thioether (sulfide) groups is 1. The molecule has 2 aliphatic rings. The van der Waals surface area contributed by atoms with Gasteiger partial charge in [-0.05, 0) is 25.3 Å². The fourth-order valence-corrected chi connectivity index (χ4v) is 4.65. The molecule has 20 heavy (non-hydrogen) atoms. The zero-order valence-electron chi connectivity index (χ0n) is 13.5. The predicted molar refractivity (Wildman–Crippen MR) is 86.2 cm³/mol. The van der Waals surface area contributed by atoms with Gasteiger partial charge in [0.05, 0.1) is 13.2 Å². The first kappa shape index (κ1) is 16.6. The molecule has 1 spiro atoms. The van der Waals surface area contributed by atoms with Gasteiger partial charge in [-0.15, -0.1) is 0 Å². The Bertz CT molecular complexity index is 292. The topological polar surface area (TPSA) is 30.5 Å². The van der Waals surface area contributed by atoms with Crippen molar-refractivity contribution in [2.45, 2.75) is 75.7 Å². The van der Waals surface area contributed by atoms with Crippen molar-refractivity contribution in [1.29, 1.82) is 0 Å². The second-order valence-corrected chi connectivity index (χ2v) is 8.16. The van der Waals surface area contributed by atoms with Crippen molar-refractivity contribution in [2.75, 3.05) is 19.8 Å². The van der Waals surface area contributed by atoms with E-state index >= 15 is 0 Å². The molecule has 118 valence electrons. The standard InChI is InChI=1S/C16H31NO2S/c1-5-8-17-14-6-7-16(18-9-10-19-16)11-15(14)20-13(4)12(2)3/h12-15,17H,5-11H2,1-4H3. The minimum Gasteiger partial charge on any atom is -0.347 e. The molecule has 1 saturated carbocycles. The molecule has 3 unspecified atom stereocenters. The molecule has 0 bridgehead atoms. The third kappa shape index (κ3) is 4.12. The maximum Gasteiger partial charge on any atom is 0.169 e. The largest absolute Gasteiger partial charge is 0.347 e. The smallest absolute Gasteiger partial charge is 0.169 e. The molecule has 2 rings (SSSR count). The Morgan fingerprint density at radius 2 is 1.95 bits per heavy atom. The van der Waals surface area contributed by atoms with Gasteiger partial charge in [0, 0.05) is 29.4 Å². The average Bonchev–Trinajstić information content (AvgIpc) is 2.86. The predicted octanol–water partition coefficient (Wildman–Crippen LogP) is 3.43. The van der Waals surface area contributed by atoms with E-state index in [0.717, 1.165) is 38.5 Å². The summed E-state index contributed by atoms with van der Waals surface area (Å²) in [5, 5.41) is 5.03. The maximum absolute atomic E-state index is 5.94. The molecule has 0 aromatic heterocycles. The summed E-state index contributed by atoms with van der Waals surface area (Å²) in [5.41, 5.74) is 0. The van der Waals surface area contributed by atoms with Gasteiger partial charge in [-0.3, -0.25) is 0 Å². The van der Waals surface area contributed by atoms with Crippen LogP contribution in [0.25, 0.3) is 0 Å². The highest BCUT2D eigenvalue weighted by Gasteiger charge is 2.45. The fourth-order valence-electron chi connectivity index (χ4n) is 3.01. The normalized spacial score (nSPS) is 31.1. The summed E-state index contributed by atoms with van der Waals surface area (Å²) >= 11 is 2.13. The maximum atomic E-state index is 5.94. The lowest BCUT2D eigenvalue weighted by Gasteiger charge is -2.42. The van der Waals surface area contributed by atoms with Crippen molar-refractivity contribution in [2.24, 2.45) is 5.92 Å². The van der Waals surface area contributed by atoms with Crippen molar-refractivity contribution in [3.05, 3.63) is 0 Å². The molecule has 3 atom stereocenters. The zero-order chi connectivity index (χ0) is 14.6. The summed E-state index contributed by atoms with van der Waals surface area (Å²) in [4.78, 5) is 0. The van der Waals surface area contributed by atoms with Gasteiger partial charge in [0.1, 0.15) is 0 Å². The Morgan fingerprint density at radius 3 is 2.55 bits per heavy atom. The zero-order valence-corrected chi connectivity index (χ0v) is 14.3. The molecule has 1 N–H and O–H groups in total. The Labute approximate surface area is 128 Å². The second-order valence-electron chi connectivity index (χ2n) is 6.53. The Hall–Kier alpha value is 0.230. The first-order valence-electron chi connectivity index (χ1n) is 8.23. The van der Waals surface area contributed by atoms with Crippen molar-refractivity contribution in [3.63, 3.8) is 0 Å². The van der Waals surface area contributed by atoms with Gasteiger partial charge in [0.15, 0.2) is 5.79 Å². The van der Waals surface area contributed by atoms with E-state index in [1.807, 2.05) is 0 Å². The van der Waals surface area contributed by atoms with Gasteiger partial charge in [-0.2, -0.15) is 11.8 Å². The van der Waals surface area contributed by atoms with Crippen molar-refractivity contribution < 1.29 is 9.47 Å². The molecule has 1 aliphatic carbocycles. The summed E-state index contributed by atoms with van der Waals surface area (Å²) in [6, 6.07) is 0.611. The highest BCUT2D eigenvalue weighted by atomic mass is 32.2. The SMILES string of the molecule is CCCNC1CCC2(CC1SC(C)C(C)C)OCCO2. The minimum atomic E-state index is -0.265. The van der Waals surface area contributed by atoms with Crippen LogP contribution in [-0.2, 0) is 9.47 Å². The van der Waals surface area contributed by atoms with E-state index in [1.54, 1.807) is 0 Å². The van der Waals surface area contributed by atoms with E-state index in [0.29, 0.717) is 16.5 Å². The van der Waals surface area contributed by atoms with Crippen LogP contribution in [0, 0.1) is 5.92 Å². The molecule has 3 nitrogen and oxygen atoms in total. The van der Waals surface area contributed by atoms with E-state index < -0.39 is 0 Å². The molecule has 2 fully saturated rings. The van der Waals surface area contributed by atoms with Crippen LogP contribution in [-0.4, -0.2) is 42.1 Å². The van der Waals surface area contributed by atoms with Crippen LogP contribution in [0.5, 0.6) is 0 Å². The van der Waals surface area contributed by atoms with Gasteiger partial charge >= 0.3 is 0 Å². The highest BCUT2D eigenvalue weighted by Crippen LogP contribution is 2.42. The lowest BCUT2D eigenvalue weighted by molar-refractivity contribution is -0.178. The van der Waals surface area contributed by atoms with Gasteiger partial charge in [-0.1, -0.05) is 27.7 Å². The molecular formula is C16H31NO2S. The Kier molecular flexibility index (Phi) is 6.21. The van der Waals surface area contributed by atoms with Crippen LogP contribution in [0.2, 0.25) is 0 Å². The van der Waals surface area contributed by atoms with Crippen molar-refractivity contribution in [1.82, 2.24) is 5.32 Å². The molecule has 1 saturated heterocycles. The lowest BCUT2D eigenvalue weighted by Crippen LogP contribution is -2.50. The van der Waals surface area contributed by atoms with Crippen LogP contribution in [0.15, 0.2) is 0 Å². The average molecular weight is 301 g/mol. The van der Waals surface area contributed by atoms with Crippen LogP contribution >= 0.6 is 11.8 Å². The molecule has 4 heteroatoms. The third-order valence-electron chi connectivity index (χ3n) is 4.60. The van der Waals surface area contributed by atoms with Gasteiger partial charge in [0.25, 0.3) is 0 Å². The number of hydrogen-bond donors (Lipinski definition) is 1. The summed E-state index contributed by atoms with van der Waals surface area (Å²) in [5.74, 6) is 0.453. The summed E-state index contributed by atoms with van der Waals surface area (Å²) in [6.45, 7) is 11.9. The molecule has 1 heterocycles. The highest BCUT2D eigenvalue weighted by molar-refractivity contribution is 8.00. The Balaban J connectivity index is 1.98. The van der Waals surface area contributed by atoms with Crippen LogP contribution in [0.3, 0.4) is 0 Å². The molecule has 0 amide bonds. The second kappa shape index (κ2) is 7.48. The number of ether oxygens (including phenoxy) is 2. The summed E-state index contributed by atoms with van der Waals surface area (Å²) in [6.07, 6.45) is 4.45. The molecule has 0 radical (unpaired) electrons. The van der Waals surface area contributed by atoms with Crippen LogP contribution in [0.4, 0.5) is 0 Å². The molecule has 1 aliphatic heterocycles. The van der Waals surface area contributed by atoms with Gasteiger partial charge < -0.3 is 14.8 Å². The van der Waals surface area contributed by atoms with E-state index in [4.69, 9.17) is 9.47 Å². The van der Waals surface area contributed by atoms with Gasteiger partial charge in [-0.25, -0.2) is 0 Å². The number of rotatable bonds is 6. The molecule has 0 aromatic rings.